The first kappa shape index (κ1) is 10.9. The molecule has 1 nitrogen and oxygen atoms in total. The summed E-state index contributed by atoms with van der Waals surface area (Å²) in [6.07, 6.45) is 3.33. The normalized spacial score (nSPS) is 21.7. The van der Waals surface area contributed by atoms with Crippen molar-refractivity contribution in [2.24, 2.45) is 0 Å². The van der Waals surface area contributed by atoms with Crippen molar-refractivity contribution in [2.45, 2.75) is 32.2 Å². The van der Waals surface area contributed by atoms with E-state index in [4.69, 9.17) is 11.6 Å². The standard InChI is InChI=1S/C12H15ClFN/c1-8-6-9(12(14)10(13)7-8)11-4-2-3-5-15-11/h6-7,11,15H,2-5H2,1H3. The number of rotatable bonds is 1. The molecule has 1 N–H and O–H groups in total. The summed E-state index contributed by atoms with van der Waals surface area (Å²) < 4.78 is 13.8. The topological polar surface area (TPSA) is 12.0 Å². The van der Waals surface area contributed by atoms with Gasteiger partial charge >= 0.3 is 0 Å². The van der Waals surface area contributed by atoms with Crippen molar-refractivity contribution in [1.29, 1.82) is 0 Å². The van der Waals surface area contributed by atoms with Crippen molar-refractivity contribution in [2.75, 3.05) is 6.54 Å². The molecule has 1 aliphatic heterocycles. The minimum atomic E-state index is -0.262. The van der Waals surface area contributed by atoms with E-state index in [2.05, 4.69) is 5.32 Å². The van der Waals surface area contributed by atoms with E-state index in [1.165, 1.54) is 6.42 Å². The Hall–Kier alpha value is -0.600. The average Bonchev–Trinajstić information content (AvgIpc) is 2.24. The Morgan fingerprint density at radius 1 is 1.40 bits per heavy atom. The first-order chi connectivity index (χ1) is 7.18. The highest BCUT2D eigenvalue weighted by molar-refractivity contribution is 6.30. The highest BCUT2D eigenvalue weighted by Gasteiger charge is 2.19. The van der Waals surface area contributed by atoms with Crippen LogP contribution in [0.15, 0.2) is 12.1 Å². The summed E-state index contributed by atoms with van der Waals surface area (Å²) in [5.74, 6) is -0.262. The molecule has 1 atom stereocenters. The minimum absolute atomic E-state index is 0.135. The van der Waals surface area contributed by atoms with E-state index in [1.807, 2.05) is 13.0 Å². The predicted octanol–water partition coefficient (Wildman–Crippen LogP) is 3.60. The fraction of sp³-hybridized carbons (Fsp3) is 0.500. The molecule has 0 saturated carbocycles. The monoisotopic (exact) mass is 227 g/mol. The molecule has 0 aliphatic carbocycles. The van der Waals surface area contributed by atoms with E-state index in [-0.39, 0.29) is 16.9 Å². The number of aryl methyl sites for hydroxylation is 1. The second-order valence-corrected chi connectivity index (χ2v) is 4.56. The molecule has 0 bridgehead atoms. The van der Waals surface area contributed by atoms with Crippen molar-refractivity contribution < 1.29 is 4.39 Å². The number of hydrogen-bond acceptors (Lipinski definition) is 1. The Kier molecular flexibility index (Phi) is 3.27. The SMILES string of the molecule is Cc1cc(Cl)c(F)c(C2CCCCN2)c1. The summed E-state index contributed by atoms with van der Waals surface area (Å²) in [4.78, 5) is 0. The quantitative estimate of drug-likeness (QED) is 0.773. The molecule has 1 aromatic rings. The highest BCUT2D eigenvalue weighted by Crippen LogP contribution is 2.29. The lowest BCUT2D eigenvalue weighted by Crippen LogP contribution is -2.27. The molecule has 1 unspecified atom stereocenters. The molecule has 0 spiro atoms. The van der Waals surface area contributed by atoms with Gasteiger partial charge in [-0.15, -0.1) is 0 Å². The van der Waals surface area contributed by atoms with Gasteiger partial charge in [0.25, 0.3) is 0 Å². The van der Waals surface area contributed by atoms with Gasteiger partial charge in [-0.3, -0.25) is 0 Å². The van der Waals surface area contributed by atoms with Crippen LogP contribution in [0.5, 0.6) is 0 Å². The first-order valence-corrected chi connectivity index (χ1v) is 5.75. The number of nitrogens with one attached hydrogen (secondary N) is 1. The summed E-state index contributed by atoms with van der Waals surface area (Å²) in [6, 6.07) is 3.70. The van der Waals surface area contributed by atoms with Crippen molar-refractivity contribution in [3.8, 4) is 0 Å². The maximum atomic E-state index is 13.8. The largest absolute Gasteiger partial charge is 0.310 e. The molecule has 3 heteroatoms. The summed E-state index contributed by atoms with van der Waals surface area (Å²) >= 11 is 5.84. The van der Waals surface area contributed by atoms with E-state index in [1.54, 1.807) is 6.07 Å². The smallest absolute Gasteiger partial charge is 0.146 e. The van der Waals surface area contributed by atoms with Gasteiger partial charge in [0.2, 0.25) is 0 Å². The molecule has 0 radical (unpaired) electrons. The molecule has 82 valence electrons. The Balaban J connectivity index is 2.33. The van der Waals surface area contributed by atoms with Gasteiger partial charge in [-0.05, 0) is 37.9 Å². The lowest BCUT2D eigenvalue weighted by Gasteiger charge is -2.24. The third-order valence-corrected chi connectivity index (χ3v) is 3.16. The van der Waals surface area contributed by atoms with E-state index in [0.29, 0.717) is 0 Å². The van der Waals surface area contributed by atoms with Crippen LogP contribution in [0.25, 0.3) is 0 Å². The second-order valence-electron chi connectivity index (χ2n) is 4.15. The minimum Gasteiger partial charge on any atom is -0.310 e. The van der Waals surface area contributed by atoms with Crippen LogP contribution in [0, 0.1) is 12.7 Å². The average molecular weight is 228 g/mol. The first-order valence-electron chi connectivity index (χ1n) is 5.37. The van der Waals surface area contributed by atoms with E-state index in [9.17, 15) is 4.39 Å². The Bertz CT molecular complexity index is 359. The fourth-order valence-corrected chi connectivity index (χ4v) is 2.40. The second kappa shape index (κ2) is 4.50. The Labute approximate surface area is 94.6 Å². The molecule has 1 saturated heterocycles. The van der Waals surface area contributed by atoms with Crippen LogP contribution in [0.2, 0.25) is 5.02 Å². The molecule has 2 rings (SSSR count). The van der Waals surface area contributed by atoms with Crippen molar-refractivity contribution in [1.82, 2.24) is 5.32 Å². The number of halogens is 2. The van der Waals surface area contributed by atoms with Gasteiger partial charge < -0.3 is 5.32 Å². The molecule has 1 heterocycles. The molecule has 15 heavy (non-hydrogen) atoms. The van der Waals surface area contributed by atoms with Crippen LogP contribution in [0.4, 0.5) is 4.39 Å². The molecule has 1 aliphatic rings. The lowest BCUT2D eigenvalue weighted by molar-refractivity contribution is 0.400. The van der Waals surface area contributed by atoms with Gasteiger partial charge in [-0.1, -0.05) is 24.1 Å². The van der Waals surface area contributed by atoms with Crippen molar-refractivity contribution >= 4 is 11.6 Å². The molecule has 0 amide bonds. The molecular formula is C12H15ClFN. The van der Waals surface area contributed by atoms with Gasteiger partial charge in [-0.25, -0.2) is 4.39 Å². The van der Waals surface area contributed by atoms with Gasteiger partial charge in [-0.2, -0.15) is 0 Å². The van der Waals surface area contributed by atoms with Gasteiger partial charge in [0.05, 0.1) is 5.02 Å². The number of benzene rings is 1. The third kappa shape index (κ3) is 2.32. The lowest BCUT2D eigenvalue weighted by atomic mass is 9.96. The van der Waals surface area contributed by atoms with Crippen LogP contribution >= 0.6 is 11.6 Å². The van der Waals surface area contributed by atoms with E-state index in [0.717, 1.165) is 30.5 Å². The summed E-state index contributed by atoms with van der Waals surface area (Å²) in [5.41, 5.74) is 1.74. The summed E-state index contributed by atoms with van der Waals surface area (Å²) in [5, 5.41) is 3.57. The van der Waals surface area contributed by atoms with Crippen LogP contribution in [-0.2, 0) is 0 Å². The van der Waals surface area contributed by atoms with Crippen LogP contribution in [0.1, 0.15) is 36.4 Å². The van der Waals surface area contributed by atoms with Gasteiger partial charge in [0.1, 0.15) is 5.82 Å². The summed E-state index contributed by atoms with van der Waals surface area (Å²) in [6.45, 7) is 2.91. The fourth-order valence-electron chi connectivity index (χ4n) is 2.12. The zero-order valence-electron chi connectivity index (χ0n) is 8.82. The predicted molar refractivity (Wildman–Crippen MR) is 60.7 cm³/mol. The van der Waals surface area contributed by atoms with Crippen LogP contribution in [-0.4, -0.2) is 6.54 Å². The van der Waals surface area contributed by atoms with Gasteiger partial charge in [0.15, 0.2) is 0 Å². The highest BCUT2D eigenvalue weighted by atomic mass is 35.5. The molecule has 1 fully saturated rings. The van der Waals surface area contributed by atoms with E-state index < -0.39 is 0 Å². The number of piperidine rings is 1. The zero-order valence-corrected chi connectivity index (χ0v) is 9.57. The summed E-state index contributed by atoms with van der Waals surface area (Å²) in [7, 11) is 0. The Morgan fingerprint density at radius 2 is 2.20 bits per heavy atom. The van der Waals surface area contributed by atoms with E-state index >= 15 is 0 Å². The maximum absolute atomic E-state index is 13.8. The van der Waals surface area contributed by atoms with Crippen molar-refractivity contribution in [3.05, 3.63) is 34.1 Å². The maximum Gasteiger partial charge on any atom is 0.146 e. The Morgan fingerprint density at radius 3 is 2.87 bits per heavy atom. The molecule has 1 aromatic carbocycles. The van der Waals surface area contributed by atoms with Crippen LogP contribution in [0.3, 0.4) is 0 Å². The molecular weight excluding hydrogens is 213 g/mol. The van der Waals surface area contributed by atoms with Gasteiger partial charge in [0, 0.05) is 11.6 Å². The molecule has 0 aromatic heterocycles. The number of hydrogen-bond donors (Lipinski definition) is 1. The zero-order chi connectivity index (χ0) is 10.8. The third-order valence-electron chi connectivity index (χ3n) is 2.89. The van der Waals surface area contributed by atoms with Crippen molar-refractivity contribution in [3.63, 3.8) is 0 Å². The van der Waals surface area contributed by atoms with Crippen LogP contribution < -0.4 is 5.32 Å².